The van der Waals surface area contributed by atoms with Gasteiger partial charge in [0, 0.05) is 0 Å². The molecule has 0 amide bonds. The number of hydrogen-bond donors (Lipinski definition) is 0. The van der Waals surface area contributed by atoms with Gasteiger partial charge >= 0.3 is 321 Å². The van der Waals surface area contributed by atoms with Gasteiger partial charge in [0.05, 0.1) is 0 Å². The van der Waals surface area contributed by atoms with Gasteiger partial charge in [-0.05, 0) is 0 Å². The van der Waals surface area contributed by atoms with E-state index < -0.39 is 28.3 Å². The van der Waals surface area contributed by atoms with Crippen molar-refractivity contribution in [2.75, 3.05) is 0 Å². The molecular weight excluding hydrogens is 779 g/mol. The smallest absolute Gasteiger partial charge is 1.00 e. The van der Waals surface area contributed by atoms with Crippen molar-refractivity contribution in [2.24, 2.45) is 0 Å². The first-order valence-electron chi connectivity index (χ1n) is 19.2. The predicted octanol–water partition coefficient (Wildman–Crippen LogP) is 7.73. The molecule has 0 aromatic heterocycles. The van der Waals surface area contributed by atoms with Gasteiger partial charge in [-0.15, -0.1) is 0 Å². The Kier molecular flexibility index (Phi) is 11.4. The fourth-order valence-electron chi connectivity index (χ4n) is 9.15. The molecule has 270 valence electrons. The molecule has 0 saturated carbocycles. The van der Waals surface area contributed by atoms with Crippen LogP contribution >= 0.6 is 0 Å². The van der Waals surface area contributed by atoms with Crippen molar-refractivity contribution in [1.29, 1.82) is 0 Å². The zero-order valence-corrected chi connectivity index (χ0v) is 37.9. The maximum atomic E-state index is 2.63. The van der Waals surface area contributed by atoms with E-state index in [0.717, 1.165) is 12.8 Å². The summed E-state index contributed by atoms with van der Waals surface area (Å²) in [5, 5.41) is 5.31. The van der Waals surface area contributed by atoms with Gasteiger partial charge in [-0.2, -0.15) is 0 Å². The van der Waals surface area contributed by atoms with Crippen molar-refractivity contribution in [1.82, 2.24) is 0 Å². The van der Waals surface area contributed by atoms with Crippen LogP contribution in [0.2, 0.25) is 13.1 Å². The third-order valence-corrected chi connectivity index (χ3v) is 21.3. The van der Waals surface area contributed by atoms with Crippen LogP contribution in [-0.4, -0.2) is 5.92 Å². The third-order valence-electron chi connectivity index (χ3n) is 11.4. The topological polar surface area (TPSA) is 0 Å². The molecular formula is C49H52Cl2SiZr. The van der Waals surface area contributed by atoms with E-state index in [1.54, 1.807) is 27.8 Å². The summed E-state index contributed by atoms with van der Waals surface area (Å²) in [5.41, 5.74) is 18.5. The van der Waals surface area contributed by atoms with Crippen molar-refractivity contribution in [3.63, 3.8) is 0 Å². The molecule has 2 unspecified atom stereocenters. The molecule has 0 spiro atoms. The minimum absolute atomic E-state index is 0. The van der Waals surface area contributed by atoms with Gasteiger partial charge in [0.15, 0.2) is 0 Å². The first kappa shape index (κ1) is 39.9. The number of rotatable bonds is 6. The zero-order valence-electron chi connectivity index (χ0n) is 32.8. The number of benzene rings is 6. The van der Waals surface area contributed by atoms with Crippen LogP contribution in [0.1, 0.15) is 110 Å². The van der Waals surface area contributed by atoms with Gasteiger partial charge in [0.25, 0.3) is 0 Å². The van der Waals surface area contributed by atoms with E-state index in [2.05, 4.69) is 171 Å². The number of fused-ring (bicyclic) bond motifs is 6. The Labute approximate surface area is 342 Å². The largest absolute Gasteiger partial charge is 1.00 e. The summed E-state index contributed by atoms with van der Waals surface area (Å²) in [4.78, 5) is 0. The Morgan fingerprint density at radius 3 is 1.87 bits per heavy atom. The maximum absolute atomic E-state index is 2.63. The van der Waals surface area contributed by atoms with E-state index >= 15 is 0 Å². The molecule has 0 radical (unpaired) electrons. The Hall–Kier alpha value is -2.74. The van der Waals surface area contributed by atoms with Crippen LogP contribution in [0, 0.1) is 0 Å². The molecule has 6 aromatic carbocycles. The third kappa shape index (κ3) is 6.90. The summed E-state index contributed by atoms with van der Waals surface area (Å²) < 4.78 is 0.613. The number of allylic oxidation sites excluding steroid dienone is 1. The van der Waals surface area contributed by atoms with E-state index in [4.69, 9.17) is 0 Å². The summed E-state index contributed by atoms with van der Waals surface area (Å²) >= 11 is -0.711. The van der Waals surface area contributed by atoms with Gasteiger partial charge in [0.1, 0.15) is 0 Å². The molecule has 0 aliphatic heterocycles. The Morgan fingerprint density at radius 2 is 1.26 bits per heavy atom. The average Bonchev–Trinajstić information content (AvgIpc) is 3.61. The fraction of sp³-hybridized carbons (Fsp3) is 0.306. The normalized spacial score (nSPS) is 16.1. The van der Waals surface area contributed by atoms with Crippen molar-refractivity contribution >= 4 is 33.5 Å². The predicted molar refractivity (Wildman–Crippen MR) is 222 cm³/mol. The fourth-order valence-corrected chi connectivity index (χ4v) is 19.0. The van der Waals surface area contributed by atoms with Crippen LogP contribution in [-0.2, 0) is 33.2 Å². The summed E-state index contributed by atoms with van der Waals surface area (Å²) in [6.07, 6.45) is 4.90. The van der Waals surface area contributed by atoms with Gasteiger partial charge in [-0.25, -0.2) is 0 Å². The molecule has 0 bridgehead atoms. The van der Waals surface area contributed by atoms with Crippen LogP contribution in [0.25, 0.3) is 49.9 Å². The van der Waals surface area contributed by atoms with E-state index in [1.165, 1.54) is 60.5 Å². The van der Waals surface area contributed by atoms with E-state index in [9.17, 15) is 0 Å². The van der Waals surface area contributed by atoms with Crippen LogP contribution in [0.15, 0.2) is 109 Å². The molecule has 2 aliphatic carbocycles. The van der Waals surface area contributed by atoms with Gasteiger partial charge in [-0.3, -0.25) is 0 Å². The molecule has 6 aromatic rings. The van der Waals surface area contributed by atoms with Gasteiger partial charge in [0.2, 0.25) is 0 Å². The number of hydrogen-bond acceptors (Lipinski definition) is 0. The average molecular weight is 831 g/mol. The Balaban J connectivity index is 0.00000240. The van der Waals surface area contributed by atoms with Crippen molar-refractivity contribution < 1.29 is 47.2 Å². The van der Waals surface area contributed by atoms with E-state index in [-0.39, 0.29) is 41.6 Å². The SMILES string of the molecule is CCCC1=Cc2c(-c3c4ccccc4cc4ccccc34)cccc2C1c1c(C(C)(C)C)ccc2c1[CH]([Zr+2][SiH](C)C)c1cc(C(C)(C)C)ccc1-2.[Cl-].[Cl-]. The van der Waals surface area contributed by atoms with Crippen LogP contribution in [0.4, 0.5) is 0 Å². The van der Waals surface area contributed by atoms with Gasteiger partial charge < -0.3 is 24.8 Å². The standard InChI is InChI=1S/C47H45.C2H7Si.2ClH.Zr/c1-8-14-31-27-40-38(19-13-20-39(40)44-35-17-11-9-15-29(35)25-30-16-10-12-18-36(30)44)43(31)45-41-28-32-26-33(46(2,3)4)21-22-34(32)37(41)23-24-42(45)47(5,6)7;1-3-2;;;/h9-13,15-28,43H,8,14H2,1-7H3;3H,1-2H3;2*1H;/q;;;;+2/p-2. The Bertz CT molecular complexity index is 2320. The molecule has 0 fully saturated rings. The minimum Gasteiger partial charge on any atom is -1.00 e. The monoisotopic (exact) mass is 828 g/mol. The van der Waals surface area contributed by atoms with Crippen LogP contribution < -0.4 is 24.8 Å². The van der Waals surface area contributed by atoms with E-state index in [0.29, 0.717) is 3.63 Å². The molecule has 0 nitrogen and oxygen atoms in total. The van der Waals surface area contributed by atoms with Crippen LogP contribution in [0.3, 0.4) is 0 Å². The van der Waals surface area contributed by atoms with Crippen LogP contribution in [0.5, 0.6) is 0 Å². The molecule has 4 heteroatoms. The molecule has 0 N–H and O–H groups in total. The quantitative estimate of drug-likeness (QED) is 0.119. The van der Waals surface area contributed by atoms with E-state index in [1.807, 2.05) is 0 Å². The molecule has 53 heavy (non-hydrogen) atoms. The second-order valence-electron chi connectivity index (χ2n) is 17.4. The summed E-state index contributed by atoms with van der Waals surface area (Å²) in [7, 11) is 0. The molecule has 0 saturated heterocycles. The molecule has 8 rings (SSSR count). The van der Waals surface area contributed by atoms with Gasteiger partial charge in [-0.1, -0.05) is 0 Å². The van der Waals surface area contributed by atoms with Crippen molar-refractivity contribution in [3.05, 3.63) is 148 Å². The minimum atomic E-state index is -0.749. The Morgan fingerprint density at radius 1 is 0.623 bits per heavy atom. The zero-order chi connectivity index (χ0) is 35.8. The second kappa shape index (κ2) is 15.1. The molecule has 2 atom stereocenters. The first-order chi connectivity index (χ1) is 24.4. The summed E-state index contributed by atoms with van der Waals surface area (Å²) in [6, 6.07) is 40.2. The molecule has 0 heterocycles. The maximum Gasteiger partial charge on any atom is -1.00 e. The molecule has 2 aliphatic rings. The number of halogens is 2. The summed E-state index contributed by atoms with van der Waals surface area (Å²) in [6.45, 7) is 22.1. The van der Waals surface area contributed by atoms with Crippen molar-refractivity contribution in [3.8, 4) is 22.3 Å². The first-order valence-corrected chi connectivity index (χ1v) is 27.8. The summed E-state index contributed by atoms with van der Waals surface area (Å²) in [5.74, 6) is -0.474. The second-order valence-corrected chi connectivity index (χ2v) is 32.5. The van der Waals surface area contributed by atoms with Crippen molar-refractivity contribution in [2.45, 2.75) is 94.8 Å².